The van der Waals surface area contributed by atoms with Crippen molar-refractivity contribution in [1.29, 1.82) is 0 Å². The van der Waals surface area contributed by atoms with E-state index in [4.69, 9.17) is 10.5 Å². The van der Waals surface area contributed by atoms with Crippen LogP contribution in [-0.2, 0) is 11.2 Å². The molecule has 0 bridgehead atoms. The molecule has 0 aliphatic heterocycles. The number of alkyl halides is 1. The van der Waals surface area contributed by atoms with Gasteiger partial charge in [0.25, 0.3) is 0 Å². The summed E-state index contributed by atoms with van der Waals surface area (Å²) in [6.45, 7) is 0. The van der Waals surface area contributed by atoms with Crippen LogP contribution < -0.4 is 11.2 Å². The molecule has 0 aromatic heterocycles. The maximum atomic E-state index is 12.4. The van der Waals surface area contributed by atoms with Crippen molar-refractivity contribution in [2.24, 2.45) is 0 Å². The summed E-state index contributed by atoms with van der Waals surface area (Å²) >= 11 is 3.56. The number of nitrogen functional groups attached to an aromatic ring is 1. The summed E-state index contributed by atoms with van der Waals surface area (Å²) in [7, 11) is -1.69. The van der Waals surface area contributed by atoms with Gasteiger partial charge >= 0.3 is 13.1 Å². The van der Waals surface area contributed by atoms with E-state index < -0.39 is 13.1 Å². The normalized spacial score (nSPS) is 19.3. The highest BCUT2D eigenvalue weighted by molar-refractivity contribution is 9.09. The van der Waals surface area contributed by atoms with Crippen LogP contribution in [0.25, 0.3) is 0 Å². The highest BCUT2D eigenvalue weighted by atomic mass is 79.9. The Balaban J connectivity index is 1.85. The summed E-state index contributed by atoms with van der Waals surface area (Å²) in [5, 5.41) is 18.5. The Hall–Kier alpha value is -1.83. The van der Waals surface area contributed by atoms with Crippen LogP contribution in [0.2, 0.25) is 0 Å². The van der Waals surface area contributed by atoms with E-state index in [1.54, 1.807) is 0 Å². The van der Waals surface area contributed by atoms with Gasteiger partial charge in [0.15, 0.2) is 0 Å². The topological polar surface area (TPSA) is 92.8 Å². The molecule has 118 valence electrons. The van der Waals surface area contributed by atoms with Gasteiger partial charge in [-0.1, -0.05) is 40.2 Å². The summed E-state index contributed by atoms with van der Waals surface area (Å²) in [6, 6.07) is 12.0. The van der Waals surface area contributed by atoms with Crippen molar-refractivity contribution in [1.82, 2.24) is 0 Å². The predicted octanol–water partition coefficient (Wildman–Crippen LogP) is 1.17. The Morgan fingerprint density at radius 2 is 2.00 bits per heavy atom. The third-order valence-electron chi connectivity index (χ3n) is 3.85. The van der Waals surface area contributed by atoms with Crippen molar-refractivity contribution in [3.05, 3.63) is 59.2 Å². The third kappa shape index (κ3) is 3.27. The van der Waals surface area contributed by atoms with E-state index in [1.807, 2.05) is 24.3 Å². The lowest BCUT2D eigenvalue weighted by Crippen LogP contribution is -2.31. The van der Waals surface area contributed by atoms with Gasteiger partial charge in [-0.2, -0.15) is 0 Å². The van der Waals surface area contributed by atoms with Crippen molar-refractivity contribution < 1.29 is 19.6 Å². The average molecular weight is 376 g/mol. The van der Waals surface area contributed by atoms with E-state index in [9.17, 15) is 14.8 Å². The summed E-state index contributed by atoms with van der Waals surface area (Å²) in [5.74, 6) is -0.551. The quantitative estimate of drug-likeness (QED) is 0.324. The molecule has 2 aromatic carbocycles. The molecule has 0 fully saturated rings. The molecule has 0 radical (unpaired) electrons. The number of ether oxygens (including phenoxy) is 1. The van der Waals surface area contributed by atoms with Crippen molar-refractivity contribution in [3.8, 4) is 0 Å². The highest BCUT2D eigenvalue weighted by Crippen LogP contribution is 2.38. The number of fused-ring (bicyclic) bond motifs is 1. The first-order valence-electron chi connectivity index (χ1n) is 7.15. The molecule has 2 unspecified atom stereocenters. The van der Waals surface area contributed by atoms with Gasteiger partial charge in [0.1, 0.15) is 6.10 Å². The van der Waals surface area contributed by atoms with Crippen LogP contribution in [0, 0.1) is 0 Å². The molecule has 2 atom stereocenters. The van der Waals surface area contributed by atoms with E-state index in [2.05, 4.69) is 15.9 Å². The summed E-state index contributed by atoms with van der Waals surface area (Å²) in [4.78, 5) is 12.4. The molecule has 1 aliphatic carbocycles. The van der Waals surface area contributed by atoms with Crippen LogP contribution in [0.4, 0.5) is 5.69 Å². The van der Waals surface area contributed by atoms with Gasteiger partial charge in [0, 0.05) is 5.69 Å². The average Bonchev–Trinajstić information content (AvgIpc) is 2.82. The minimum absolute atomic E-state index is 0.00723. The number of hydrogen-bond donors (Lipinski definition) is 3. The molecule has 0 amide bonds. The number of carbonyl (C=O) groups excluding carboxylic acids is 1. The summed E-state index contributed by atoms with van der Waals surface area (Å²) in [5.41, 5.74) is 8.45. The lowest BCUT2D eigenvalue weighted by atomic mass is 9.79. The van der Waals surface area contributed by atoms with E-state index in [0.29, 0.717) is 0 Å². The molecule has 2 aromatic rings. The first kappa shape index (κ1) is 16.0. The number of esters is 1. The molecular weight excluding hydrogens is 361 g/mol. The monoisotopic (exact) mass is 375 g/mol. The third-order valence-corrected chi connectivity index (χ3v) is 4.65. The second kappa shape index (κ2) is 6.35. The highest BCUT2D eigenvalue weighted by Gasteiger charge is 2.33. The Morgan fingerprint density at radius 3 is 2.74 bits per heavy atom. The molecule has 1 aliphatic rings. The summed E-state index contributed by atoms with van der Waals surface area (Å²) < 4.78 is 5.62. The number of anilines is 1. The number of rotatable bonds is 3. The Bertz CT molecular complexity index is 753. The van der Waals surface area contributed by atoms with Gasteiger partial charge in [-0.3, -0.25) is 0 Å². The maximum absolute atomic E-state index is 12.4. The van der Waals surface area contributed by atoms with Crippen LogP contribution in [0.5, 0.6) is 0 Å². The zero-order valence-corrected chi connectivity index (χ0v) is 13.7. The van der Waals surface area contributed by atoms with Crippen molar-refractivity contribution in [3.63, 3.8) is 0 Å². The van der Waals surface area contributed by atoms with Gasteiger partial charge in [-0.15, -0.1) is 0 Å². The largest absolute Gasteiger partial charge is 0.488 e. The summed E-state index contributed by atoms with van der Waals surface area (Å²) in [6.07, 6.45) is 0.397. The molecule has 0 heterocycles. The molecule has 4 N–H and O–H groups in total. The van der Waals surface area contributed by atoms with Crippen molar-refractivity contribution in [2.75, 3.05) is 5.73 Å². The van der Waals surface area contributed by atoms with Gasteiger partial charge in [-0.25, -0.2) is 4.79 Å². The molecule has 23 heavy (non-hydrogen) atoms. The van der Waals surface area contributed by atoms with Gasteiger partial charge in [0.2, 0.25) is 0 Å². The standard InChI is InChI=1S/C16H15BBrNO4/c18-14-7-9-3-1-2-4-13(9)15(14)23-16(20)10-5-11(17(21)22)8-12(19)6-10/h1-6,8,14-15,21-22H,7,19H2. The molecule has 5 nitrogen and oxygen atoms in total. The van der Waals surface area contributed by atoms with Crippen LogP contribution in [0.15, 0.2) is 42.5 Å². The fourth-order valence-corrected chi connectivity index (χ4v) is 3.52. The van der Waals surface area contributed by atoms with Gasteiger partial charge in [-0.05, 0) is 41.2 Å². The number of halogens is 1. The zero-order valence-electron chi connectivity index (χ0n) is 12.1. The smallest absolute Gasteiger partial charge is 0.453 e. The SMILES string of the molecule is Nc1cc(B(O)O)cc(C(=O)OC2c3ccccc3CC2Br)c1. The van der Waals surface area contributed by atoms with Crippen LogP contribution in [0.3, 0.4) is 0 Å². The van der Waals surface area contributed by atoms with E-state index in [-0.39, 0.29) is 27.6 Å². The van der Waals surface area contributed by atoms with E-state index in [1.165, 1.54) is 18.2 Å². The lowest BCUT2D eigenvalue weighted by Gasteiger charge is -2.17. The van der Waals surface area contributed by atoms with E-state index in [0.717, 1.165) is 17.5 Å². The van der Waals surface area contributed by atoms with Gasteiger partial charge < -0.3 is 20.5 Å². The first-order chi connectivity index (χ1) is 11.0. The Labute approximate surface area is 142 Å². The fourth-order valence-electron chi connectivity index (χ4n) is 2.77. The molecule has 0 saturated heterocycles. The Kier molecular flexibility index (Phi) is 4.43. The minimum Gasteiger partial charge on any atom is -0.453 e. The zero-order chi connectivity index (χ0) is 16.6. The van der Waals surface area contributed by atoms with Crippen molar-refractivity contribution >= 4 is 40.2 Å². The van der Waals surface area contributed by atoms with Crippen LogP contribution in [-0.4, -0.2) is 28.0 Å². The van der Waals surface area contributed by atoms with Crippen molar-refractivity contribution in [2.45, 2.75) is 17.4 Å². The predicted molar refractivity (Wildman–Crippen MR) is 91.7 cm³/mol. The number of benzene rings is 2. The molecule has 3 rings (SSSR count). The number of hydrogen-bond acceptors (Lipinski definition) is 5. The maximum Gasteiger partial charge on any atom is 0.488 e. The van der Waals surface area contributed by atoms with E-state index >= 15 is 0 Å². The van der Waals surface area contributed by atoms with Gasteiger partial charge in [0.05, 0.1) is 10.4 Å². The first-order valence-corrected chi connectivity index (χ1v) is 8.06. The van der Waals surface area contributed by atoms with Crippen LogP contribution >= 0.6 is 15.9 Å². The number of nitrogens with two attached hydrogens (primary N) is 1. The molecular formula is C16H15BBrNO4. The second-order valence-corrected chi connectivity index (χ2v) is 6.68. The second-order valence-electron chi connectivity index (χ2n) is 5.51. The Morgan fingerprint density at radius 1 is 1.26 bits per heavy atom. The molecule has 0 saturated carbocycles. The minimum atomic E-state index is -1.69. The molecule has 0 spiro atoms. The fraction of sp³-hybridized carbons (Fsp3) is 0.188. The number of carbonyl (C=O) groups is 1. The lowest BCUT2D eigenvalue weighted by molar-refractivity contribution is 0.0317. The van der Waals surface area contributed by atoms with Crippen LogP contribution in [0.1, 0.15) is 27.6 Å². The molecule has 7 heteroatoms.